The molecule has 0 saturated carbocycles. The Labute approximate surface area is 150 Å². The lowest BCUT2D eigenvalue weighted by Crippen LogP contribution is -2.42. The minimum Gasteiger partial charge on any atom is -0.467 e. The second-order valence-corrected chi connectivity index (χ2v) is 7.34. The molecule has 0 radical (unpaired) electrons. The van der Waals surface area contributed by atoms with E-state index in [2.05, 4.69) is 16.1 Å². The molecular weight excluding hydrogens is 336 g/mol. The molecule has 6 nitrogen and oxygen atoms in total. The molecule has 0 unspecified atom stereocenters. The molecule has 1 fully saturated rings. The maximum atomic E-state index is 12.6. The van der Waals surface area contributed by atoms with Crippen LogP contribution < -0.4 is 4.74 Å². The van der Waals surface area contributed by atoms with Gasteiger partial charge in [0.1, 0.15) is 11.8 Å². The Balaban J connectivity index is 1.38. The Bertz CT molecular complexity index is 876. The molecule has 4 rings (SSSR count). The second-order valence-electron chi connectivity index (χ2n) is 6.35. The number of para-hydroxylation sites is 1. The van der Waals surface area contributed by atoms with E-state index in [-0.39, 0.29) is 12.0 Å². The van der Waals surface area contributed by atoms with E-state index in [1.807, 2.05) is 43.1 Å². The number of thiazole rings is 1. The maximum absolute atomic E-state index is 12.6. The molecule has 7 heteroatoms. The monoisotopic (exact) mass is 356 g/mol. The van der Waals surface area contributed by atoms with Crippen molar-refractivity contribution in [3.8, 4) is 5.19 Å². The fraction of sp³-hybridized carbons (Fsp3) is 0.389. The van der Waals surface area contributed by atoms with Gasteiger partial charge in [-0.2, -0.15) is 5.10 Å². The third kappa shape index (κ3) is 3.24. The molecule has 3 aromatic rings. The Kier molecular flexibility index (Phi) is 4.17. The van der Waals surface area contributed by atoms with Crippen LogP contribution in [0.25, 0.3) is 10.2 Å². The molecule has 1 aliphatic rings. The average Bonchev–Trinajstić information content (AvgIpc) is 3.16. The van der Waals surface area contributed by atoms with Crippen LogP contribution in [0.2, 0.25) is 0 Å². The molecule has 0 spiro atoms. The molecule has 0 atom stereocenters. The van der Waals surface area contributed by atoms with Crippen molar-refractivity contribution >= 4 is 27.5 Å². The van der Waals surface area contributed by atoms with Crippen LogP contribution in [0.15, 0.2) is 30.3 Å². The van der Waals surface area contributed by atoms with E-state index < -0.39 is 0 Å². The van der Waals surface area contributed by atoms with Gasteiger partial charge in [-0.05, 0) is 25.1 Å². The van der Waals surface area contributed by atoms with Crippen molar-refractivity contribution in [2.75, 3.05) is 13.1 Å². The molecule has 0 N–H and O–H groups in total. The molecule has 2 aromatic heterocycles. The van der Waals surface area contributed by atoms with Crippen molar-refractivity contribution in [3.05, 3.63) is 41.7 Å². The highest BCUT2D eigenvalue weighted by molar-refractivity contribution is 7.20. The highest BCUT2D eigenvalue weighted by Gasteiger charge is 2.27. The molecule has 3 heterocycles. The number of benzene rings is 1. The average molecular weight is 356 g/mol. The number of ether oxygens (including phenoxy) is 1. The fourth-order valence-electron chi connectivity index (χ4n) is 3.19. The molecule has 25 heavy (non-hydrogen) atoms. The van der Waals surface area contributed by atoms with E-state index in [0.29, 0.717) is 24.0 Å². The summed E-state index contributed by atoms with van der Waals surface area (Å²) in [6, 6.07) is 9.88. The second kappa shape index (κ2) is 6.48. The van der Waals surface area contributed by atoms with Crippen molar-refractivity contribution in [3.63, 3.8) is 0 Å². The van der Waals surface area contributed by atoms with Gasteiger partial charge in [0.25, 0.3) is 11.1 Å². The lowest BCUT2D eigenvalue weighted by molar-refractivity contribution is 0.0585. The Morgan fingerprint density at radius 3 is 2.72 bits per heavy atom. The van der Waals surface area contributed by atoms with Crippen LogP contribution in [0.5, 0.6) is 5.19 Å². The van der Waals surface area contributed by atoms with E-state index in [0.717, 1.165) is 28.8 Å². The standard InChI is InChI=1S/C18H20N4O2S/c1-12-11-15(21(2)20-12)17(23)22-9-7-13(8-10-22)24-18-19-14-5-3-4-6-16(14)25-18/h3-6,11,13H,7-10H2,1-2H3. The summed E-state index contributed by atoms with van der Waals surface area (Å²) in [4.78, 5) is 19.0. The van der Waals surface area contributed by atoms with Gasteiger partial charge in [-0.1, -0.05) is 23.5 Å². The summed E-state index contributed by atoms with van der Waals surface area (Å²) < 4.78 is 8.84. The van der Waals surface area contributed by atoms with Crippen molar-refractivity contribution in [2.24, 2.45) is 7.05 Å². The first-order valence-electron chi connectivity index (χ1n) is 8.42. The summed E-state index contributed by atoms with van der Waals surface area (Å²) in [6.07, 6.45) is 1.75. The quantitative estimate of drug-likeness (QED) is 0.724. The molecule has 0 bridgehead atoms. The summed E-state index contributed by atoms with van der Waals surface area (Å²) in [7, 11) is 1.81. The third-order valence-corrected chi connectivity index (χ3v) is 5.42. The minimum absolute atomic E-state index is 0.0431. The largest absolute Gasteiger partial charge is 0.467 e. The summed E-state index contributed by atoms with van der Waals surface area (Å²) >= 11 is 1.57. The van der Waals surface area contributed by atoms with Crippen molar-refractivity contribution in [1.82, 2.24) is 19.7 Å². The predicted octanol–water partition coefficient (Wildman–Crippen LogP) is 3.02. The number of fused-ring (bicyclic) bond motifs is 1. The van der Waals surface area contributed by atoms with E-state index in [9.17, 15) is 4.79 Å². The highest BCUT2D eigenvalue weighted by atomic mass is 32.1. The van der Waals surface area contributed by atoms with Crippen molar-refractivity contribution in [2.45, 2.75) is 25.9 Å². The van der Waals surface area contributed by atoms with Crippen LogP contribution in [0, 0.1) is 6.92 Å². The van der Waals surface area contributed by atoms with Gasteiger partial charge in [-0.3, -0.25) is 9.48 Å². The molecule has 130 valence electrons. The van der Waals surface area contributed by atoms with Crippen LogP contribution >= 0.6 is 11.3 Å². The Hall–Kier alpha value is -2.41. The van der Waals surface area contributed by atoms with E-state index >= 15 is 0 Å². The van der Waals surface area contributed by atoms with Gasteiger partial charge >= 0.3 is 0 Å². The fourth-order valence-corrected chi connectivity index (χ4v) is 4.07. The third-order valence-electron chi connectivity index (χ3n) is 4.49. The number of nitrogens with zero attached hydrogens (tertiary/aromatic N) is 4. The summed E-state index contributed by atoms with van der Waals surface area (Å²) in [5.74, 6) is 0.0431. The number of hydrogen-bond acceptors (Lipinski definition) is 5. The Morgan fingerprint density at radius 1 is 1.28 bits per heavy atom. The highest BCUT2D eigenvalue weighted by Crippen LogP contribution is 2.29. The van der Waals surface area contributed by atoms with Gasteiger partial charge in [-0.25, -0.2) is 4.98 Å². The molecule has 0 aliphatic carbocycles. The Morgan fingerprint density at radius 2 is 2.04 bits per heavy atom. The molecular formula is C18H20N4O2S. The summed E-state index contributed by atoms with van der Waals surface area (Å²) in [5, 5.41) is 4.97. The van der Waals surface area contributed by atoms with Crippen LogP contribution in [0.4, 0.5) is 0 Å². The molecule has 1 saturated heterocycles. The number of hydrogen-bond donors (Lipinski definition) is 0. The van der Waals surface area contributed by atoms with Gasteiger partial charge in [0.05, 0.1) is 15.9 Å². The molecule has 1 aromatic carbocycles. The van der Waals surface area contributed by atoms with Gasteiger partial charge in [0.2, 0.25) is 0 Å². The lowest BCUT2D eigenvalue weighted by atomic mass is 10.1. The number of aromatic nitrogens is 3. The normalized spacial score (nSPS) is 15.7. The smallest absolute Gasteiger partial charge is 0.274 e. The van der Waals surface area contributed by atoms with Crippen LogP contribution in [0.3, 0.4) is 0 Å². The van der Waals surface area contributed by atoms with Crippen LogP contribution in [0.1, 0.15) is 29.0 Å². The first kappa shape index (κ1) is 16.1. The van der Waals surface area contributed by atoms with Gasteiger partial charge in [0, 0.05) is 33.0 Å². The number of carbonyl (C=O) groups is 1. The van der Waals surface area contributed by atoms with Gasteiger partial charge in [0.15, 0.2) is 0 Å². The number of likely N-dealkylation sites (tertiary alicyclic amines) is 1. The maximum Gasteiger partial charge on any atom is 0.274 e. The van der Waals surface area contributed by atoms with Crippen molar-refractivity contribution in [1.29, 1.82) is 0 Å². The lowest BCUT2D eigenvalue weighted by Gasteiger charge is -2.31. The summed E-state index contributed by atoms with van der Waals surface area (Å²) in [5.41, 5.74) is 2.48. The van der Waals surface area contributed by atoms with Crippen molar-refractivity contribution < 1.29 is 9.53 Å². The SMILES string of the molecule is Cc1cc(C(=O)N2CCC(Oc3nc4ccccc4s3)CC2)n(C)n1. The zero-order valence-corrected chi connectivity index (χ0v) is 15.1. The van der Waals surface area contributed by atoms with Gasteiger partial charge in [-0.15, -0.1) is 0 Å². The first-order chi connectivity index (χ1) is 12.1. The zero-order valence-electron chi connectivity index (χ0n) is 14.3. The number of amides is 1. The van der Waals surface area contributed by atoms with Crippen LogP contribution in [-0.2, 0) is 7.05 Å². The topological polar surface area (TPSA) is 60.3 Å². The number of carbonyl (C=O) groups excluding carboxylic acids is 1. The number of piperidine rings is 1. The molecule has 1 amide bonds. The van der Waals surface area contributed by atoms with E-state index in [1.54, 1.807) is 16.0 Å². The van der Waals surface area contributed by atoms with E-state index in [4.69, 9.17) is 4.74 Å². The summed E-state index contributed by atoms with van der Waals surface area (Å²) in [6.45, 7) is 3.28. The molecule has 1 aliphatic heterocycles. The van der Waals surface area contributed by atoms with Crippen LogP contribution in [-0.4, -0.2) is 44.8 Å². The van der Waals surface area contributed by atoms with E-state index in [1.165, 1.54) is 0 Å². The number of rotatable bonds is 3. The number of aryl methyl sites for hydroxylation is 2. The minimum atomic E-state index is 0.0431. The van der Waals surface area contributed by atoms with Gasteiger partial charge < -0.3 is 9.64 Å². The predicted molar refractivity (Wildman–Crippen MR) is 97.1 cm³/mol. The first-order valence-corrected chi connectivity index (χ1v) is 9.24. The zero-order chi connectivity index (χ0) is 17.4.